The number of hydrogen-bond acceptors (Lipinski definition) is 4. The number of alkyl halides is 3. The van der Waals surface area contributed by atoms with Gasteiger partial charge in [-0.1, -0.05) is 12.1 Å². The van der Waals surface area contributed by atoms with Gasteiger partial charge in [0.2, 0.25) is 0 Å². The third-order valence-corrected chi connectivity index (χ3v) is 5.26. The average Bonchev–Trinajstić information content (AvgIpc) is 3.11. The molecule has 2 heterocycles. The minimum Gasteiger partial charge on any atom is -0.480 e. The van der Waals surface area contributed by atoms with Crippen LogP contribution in [0.1, 0.15) is 11.1 Å². The van der Waals surface area contributed by atoms with E-state index in [1.807, 2.05) is 12.1 Å². The lowest BCUT2D eigenvalue weighted by molar-refractivity contribution is -0.138. The molecule has 6 nitrogen and oxygen atoms in total. The number of aliphatic carboxylic acids is 1. The van der Waals surface area contributed by atoms with Crippen molar-refractivity contribution in [1.82, 2.24) is 9.78 Å². The lowest BCUT2D eigenvalue weighted by Crippen LogP contribution is -2.36. The summed E-state index contributed by atoms with van der Waals surface area (Å²) in [6, 6.07) is 8.50. The Morgan fingerprint density at radius 2 is 1.87 bits per heavy atom. The molecule has 1 aliphatic rings. The van der Waals surface area contributed by atoms with Gasteiger partial charge in [0, 0.05) is 30.4 Å². The molecule has 0 aliphatic carbocycles. The van der Waals surface area contributed by atoms with Crippen molar-refractivity contribution in [2.45, 2.75) is 19.6 Å². The quantitative estimate of drug-likeness (QED) is 0.694. The first kappa shape index (κ1) is 20.2. The molecular weight excluding hydrogens is 399 g/mol. The second kappa shape index (κ2) is 7.64. The minimum atomic E-state index is -4.59. The third kappa shape index (κ3) is 3.85. The highest BCUT2D eigenvalue weighted by atomic mass is 19.4. The SMILES string of the molecule is Cc1c(-c2ccc(N3CCOCC3)cc2)cc(C(F)(F)F)c2cn(CC(=O)O)nc12. The van der Waals surface area contributed by atoms with Gasteiger partial charge >= 0.3 is 12.1 Å². The number of hydrogen-bond donors (Lipinski definition) is 1. The summed E-state index contributed by atoms with van der Waals surface area (Å²) in [7, 11) is 0. The number of carboxylic acids is 1. The van der Waals surface area contributed by atoms with Crippen LogP contribution in [0.5, 0.6) is 0 Å². The van der Waals surface area contributed by atoms with Crippen LogP contribution in [0.4, 0.5) is 18.9 Å². The number of benzene rings is 2. The number of fused-ring (bicyclic) bond motifs is 1. The Morgan fingerprint density at radius 3 is 2.47 bits per heavy atom. The van der Waals surface area contributed by atoms with Gasteiger partial charge in [-0.2, -0.15) is 18.3 Å². The minimum absolute atomic E-state index is 0.102. The van der Waals surface area contributed by atoms with E-state index in [9.17, 15) is 18.0 Å². The van der Waals surface area contributed by atoms with E-state index in [-0.39, 0.29) is 10.9 Å². The molecule has 30 heavy (non-hydrogen) atoms. The first-order valence-corrected chi connectivity index (χ1v) is 9.47. The van der Waals surface area contributed by atoms with E-state index >= 15 is 0 Å². The number of rotatable bonds is 4. The number of anilines is 1. The van der Waals surface area contributed by atoms with E-state index < -0.39 is 24.3 Å². The van der Waals surface area contributed by atoms with E-state index in [0.29, 0.717) is 29.9 Å². The summed E-state index contributed by atoms with van der Waals surface area (Å²) >= 11 is 0. The molecule has 4 rings (SSSR count). The number of morpholine rings is 1. The van der Waals surface area contributed by atoms with E-state index in [1.165, 1.54) is 0 Å². The van der Waals surface area contributed by atoms with Crippen LogP contribution < -0.4 is 4.90 Å². The summed E-state index contributed by atoms with van der Waals surface area (Å²) in [6.07, 6.45) is -3.45. The molecule has 1 saturated heterocycles. The molecule has 3 aromatic rings. The average molecular weight is 419 g/mol. The van der Waals surface area contributed by atoms with Gasteiger partial charge < -0.3 is 14.7 Å². The van der Waals surface area contributed by atoms with Gasteiger partial charge in [-0.05, 0) is 41.8 Å². The zero-order chi connectivity index (χ0) is 21.5. The van der Waals surface area contributed by atoms with Crippen LogP contribution in [0, 0.1) is 6.92 Å². The standard InChI is InChI=1S/C21H20F3N3O3/c1-13-16(14-2-4-15(5-3-14)26-6-8-30-9-7-26)10-18(21(22,23)24)17-11-27(12-19(28)29)25-20(13)17/h2-5,10-11H,6-9,12H2,1H3,(H,28,29). The molecule has 0 saturated carbocycles. The number of carbonyl (C=O) groups is 1. The fourth-order valence-electron chi connectivity index (χ4n) is 3.78. The number of aromatic nitrogens is 2. The van der Waals surface area contributed by atoms with Gasteiger partial charge in [-0.25, -0.2) is 0 Å². The number of nitrogens with zero attached hydrogens (tertiary/aromatic N) is 3. The number of ether oxygens (including phenoxy) is 1. The summed E-state index contributed by atoms with van der Waals surface area (Å²) in [4.78, 5) is 13.1. The van der Waals surface area contributed by atoms with Gasteiger partial charge in [-0.3, -0.25) is 9.48 Å². The molecule has 1 aromatic heterocycles. The molecule has 1 fully saturated rings. The highest BCUT2D eigenvalue weighted by Gasteiger charge is 2.35. The largest absolute Gasteiger partial charge is 0.480 e. The maximum absolute atomic E-state index is 13.8. The summed E-state index contributed by atoms with van der Waals surface area (Å²) in [5.41, 5.74) is 1.95. The molecular formula is C21H20F3N3O3. The highest BCUT2D eigenvalue weighted by molar-refractivity contribution is 5.92. The Labute approximate surface area is 170 Å². The third-order valence-electron chi connectivity index (χ3n) is 5.26. The summed E-state index contributed by atoms with van der Waals surface area (Å²) in [5.74, 6) is -1.17. The van der Waals surface area contributed by atoms with Crippen LogP contribution in [0.25, 0.3) is 22.0 Å². The predicted molar refractivity (Wildman–Crippen MR) is 106 cm³/mol. The van der Waals surface area contributed by atoms with E-state index in [0.717, 1.165) is 35.7 Å². The fourth-order valence-corrected chi connectivity index (χ4v) is 3.78. The zero-order valence-electron chi connectivity index (χ0n) is 16.2. The lowest BCUT2D eigenvalue weighted by Gasteiger charge is -2.29. The van der Waals surface area contributed by atoms with Crippen molar-refractivity contribution < 1.29 is 27.8 Å². The van der Waals surface area contributed by atoms with Crippen molar-refractivity contribution in [2.75, 3.05) is 31.2 Å². The van der Waals surface area contributed by atoms with Crippen molar-refractivity contribution >= 4 is 22.6 Å². The Kier molecular flexibility index (Phi) is 5.15. The molecule has 1 N–H and O–H groups in total. The van der Waals surface area contributed by atoms with Gasteiger partial charge in [0.15, 0.2) is 0 Å². The molecule has 0 amide bonds. The van der Waals surface area contributed by atoms with Crippen molar-refractivity contribution in [2.24, 2.45) is 0 Å². The monoisotopic (exact) mass is 419 g/mol. The molecule has 2 aromatic carbocycles. The number of halogens is 3. The van der Waals surface area contributed by atoms with Crippen LogP contribution in [-0.2, 0) is 22.3 Å². The molecule has 0 bridgehead atoms. The Bertz CT molecular complexity index is 1080. The van der Waals surface area contributed by atoms with Crippen molar-refractivity contribution in [1.29, 1.82) is 0 Å². The molecule has 158 valence electrons. The van der Waals surface area contributed by atoms with Crippen molar-refractivity contribution in [3.63, 3.8) is 0 Å². The highest BCUT2D eigenvalue weighted by Crippen LogP contribution is 2.40. The maximum atomic E-state index is 13.8. The van der Waals surface area contributed by atoms with Crippen LogP contribution in [-0.4, -0.2) is 47.2 Å². The summed E-state index contributed by atoms with van der Waals surface area (Å²) in [6.45, 7) is 4.02. The van der Waals surface area contributed by atoms with E-state index in [4.69, 9.17) is 9.84 Å². The second-order valence-corrected chi connectivity index (χ2v) is 7.22. The molecule has 0 spiro atoms. The molecule has 9 heteroatoms. The molecule has 0 radical (unpaired) electrons. The number of aryl methyl sites for hydroxylation is 1. The van der Waals surface area contributed by atoms with E-state index in [1.54, 1.807) is 19.1 Å². The predicted octanol–water partition coefficient (Wildman–Crippen LogP) is 3.95. The second-order valence-electron chi connectivity index (χ2n) is 7.22. The molecule has 0 atom stereocenters. The van der Waals surface area contributed by atoms with Gasteiger partial charge in [0.25, 0.3) is 0 Å². The van der Waals surface area contributed by atoms with Gasteiger partial charge in [-0.15, -0.1) is 0 Å². The maximum Gasteiger partial charge on any atom is 0.417 e. The zero-order valence-corrected chi connectivity index (χ0v) is 16.2. The molecule has 1 aliphatic heterocycles. The first-order chi connectivity index (χ1) is 14.2. The first-order valence-electron chi connectivity index (χ1n) is 9.47. The fraction of sp³-hybridized carbons (Fsp3) is 0.333. The van der Waals surface area contributed by atoms with Crippen LogP contribution in [0.3, 0.4) is 0 Å². The summed E-state index contributed by atoms with van der Waals surface area (Å²) in [5, 5.41) is 13.0. The molecule has 0 unspecified atom stereocenters. The Hall–Kier alpha value is -3.07. The van der Waals surface area contributed by atoms with Crippen LogP contribution >= 0.6 is 0 Å². The summed E-state index contributed by atoms with van der Waals surface area (Å²) < 4.78 is 47.6. The Morgan fingerprint density at radius 1 is 1.20 bits per heavy atom. The topological polar surface area (TPSA) is 67.6 Å². The van der Waals surface area contributed by atoms with E-state index in [2.05, 4.69) is 10.00 Å². The number of carboxylic acid groups (broad SMARTS) is 1. The normalized spacial score (nSPS) is 15.0. The smallest absolute Gasteiger partial charge is 0.417 e. The van der Waals surface area contributed by atoms with Crippen molar-refractivity contribution in [3.8, 4) is 11.1 Å². The Balaban J connectivity index is 1.80. The van der Waals surface area contributed by atoms with Gasteiger partial charge in [0.1, 0.15) is 6.54 Å². The van der Waals surface area contributed by atoms with Crippen LogP contribution in [0.15, 0.2) is 36.5 Å². The van der Waals surface area contributed by atoms with Crippen molar-refractivity contribution in [3.05, 3.63) is 47.7 Å². The van der Waals surface area contributed by atoms with Gasteiger partial charge in [0.05, 0.1) is 24.3 Å². The lowest BCUT2D eigenvalue weighted by atomic mass is 9.94. The van der Waals surface area contributed by atoms with Crippen LogP contribution in [0.2, 0.25) is 0 Å².